The highest BCUT2D eigenvalue weighted by Crippen LogP contribution is 2.33. The van der Waals surface area contributed by atoms with E-state index in [1.807, 2.05) is 6.07 Å². The average Bonchev–Trinajstić information content (AvgIpc) is 2.78. The van der Waals surface area contributed by atoms with E-state index in [0.717, 1.165) is 35.4 Å². The Kier molecular flexibility index (Phi) is 3.56. The summed E-state index contributed by atoms with van der Waals surface area (Å²) in [6.45, 7) is 2.56. The summed E-state index contributed by atoms with van der Waals surface area (Å²) in [7, 11) is 0. The maximum atomic E-state index is 14.5. The SMILES string of the molecule is O=C1c2cccnc2CN1Cc1c(F)cc(Br)cc1N1CCC1. The Morgan fingerprint density at radius 3 is 2.83 bits per heavy atom. The smallest absolute Gasteiger partial charge is 0.256 e. The van der Waals surface area contributed by atoms with Gasteiger partial charge in [-0.15, -0.1) is 0 Å². The topological polar surface area (TPSA) is 36.4 Å². The minimum atomic E-state index is -0.280. The van der Waals surface area contributed by atoms with E-state index in [1.165, 1.54) is 6.07 Å². The lowest BCUT2D eigenvalue weighted by Crippen LogP contribution is -2.38. The van der Waals surface area contributed by atoms with Crippen molar-refractivity contribution in [2.45, 2.75) is 19.5 Å². The van der Waals surface area contributed by atoms with E-state index in [9.17, 15) is 9.18 Å². The molecule has 0 spiro atoms. The Morgan fingerprint density at radius 1 is 1.30 bits per heavy atom. The Hall–Kier alpha value is -1.95. The molecule has 1 fully saturated rings. The van der Waals surface area contributed by atoms with Gasteiger partial charge in [-0.2, -0.15) is 0 Å². The van der Waals surface area contributed by atoms with Crippen molar-refractivity contribution < 1.29 is 9.18 Å². The molecule has 118 valence electrons. The molecular weight excluding hydrogens is 361 g/mol. The molecule has 0 atom stereocenters. The van der Waals surface area contributed by atoms with Gasteiger partial charge >= 0.3 is 0 Å². The molecule has 1 aromatic heterocycles. The van der Waals surface area contributed by atoms with Crippen molar-refractivity contribution in [2.24, 2.45) is 0 Å². The minimum Gasteiger partial charge on any atom is -0.371 e. The molecule has 2 aliphatic heterocycles. The van der Waals surface area contributed by atoms with Crippen molar-refractivity contribution in [1.82, 2.24) is 9.88 Å². The molecule has 4 nitrogen and oxygen atoms in total. The van der Waals surface area contributed by atoms with Gasteiger partial charge in [0.15, 0.2) is 0 Å². The highest BCUT2D eigenvalue weighted by molar-refractivity contribution is 9.10. The van der Waals surface area contributed by atoms with Crippen LogP contribution in [0.3, 0.4) is 0 Å². The molecule has 1 saturated heterocycles. The van der Waals surface area contributed by atoms with E-state index >= 15 is 0 Å². The summed E-state index contributed by atoms with van der Waals surface area (Å²) in [6, 6.07) is 6.93. The van der Waals surface area contributed by atoms with Gasteiger partial charge in [0.25, 0.3) is 5.91 Å². The molecule has 0 radical (unpaired) electrons. The van der Waals surface area contributed by atoms with E-state index < -0.39 is 0 Å². The number of hydrogen-bond acceptors (Lipinski definition) is 3. The third-order valence-electron chi connectivity index (χ3n) is 4.43. The maximum absolute atomic E-state index is 14.5. The van der Waals surface area contributed by atoms with E-state index in [-0.39, 0.29) is 18.3 Å². The lowest BCUT2D eigenvalue weighted by atomic mass is 10.1. The average molecular weight is 376 g/mol. The number of pyridine rings is 1. The normalized spacial score (nSPS) is 16.5. The number of halogens is 2. The molecule has 2 aromatic rings. The second-order valence-electron chi connectivity index (χ2n) is 5.88. The fraction of sp³-hybridized carbons (Fsp3) is 0.294. The second kappa shape index (κ2) is 5.60. The summed E-state index contributed by atoms with van der Waals surface area (Å²) in [5.41, 5.74) is 2.84. The van der Waals surface area contributed by atoms with Crippen LogP contribution in [0.4, 0.5) is 10.1 Å². The first-order valence-electron chi connectivity index (χ1n) is 7.59. The number of fused-ring (bicyclic) bond motifs is 1. The first-order valence-corrected chi connectivity index (χ1v) is 8.39. The van der Waals surface area contributed by atoms with Gasteiger partial charge in [0.1, 0.15) is 5.82 Å². The summed E-state index contributed by atoms with van der Waals surface area (Å²) in [4.78, 5) is 20.5. The van der Waals surface area contributed by atoms with E-state index in [1.54, 1.807) is 23.2 Å². The van der Waals surface area contributed by atoms with Crippen molar-refractivity contribution >= 4 is 27.5 Å². The van der Waals surface area contributed by atoms with Crippen LogP contribution in [0.15, 0.2) is 34.9 Å². The number of rotatable bonds is 3. The number of nitrogens with zero attached hydrogens (tertiary/aromatic N) is 3. The molecule has 1 aromatic carbocycles. The van der Waals surface area contributed by atoms with Crippen LogP contribution < -0.4 is 4.90 Å². The summed E-state index contributed by atoms with van der Waals surface area (Å²) in [5, 5.41) is 0. The van der Waals surface area contributed by atoms with Crippen LogP contribution in [0.25, 0.3) is 0 Å². The number of aromatic nitrogens is 1. The Balaban J connectivity index is 1.66. The molecule has 23 heavy (non-hydrogen) atoms. The van der Waals surface area contributed by atoms with Crippen molar-refractivity contribution in [2.75, 3.05) is 18.0 Å². The highest BCUT2D eigenvalue weighted by Gasteiger charge is 2.30. The van der Waals surface area contributed by atoms with Gasteiger partial charge in [0.2, 0.25) is 0 Å². The molecule has 0 aliphatic carbocycles. The van der Waals surface area contributed by atoms with Crippen LogP contribution in [0, 0.1) is 5.82 Å². The van der Waals surface area contributed by atoms with Crippen LogP contribution >= 0.6 is 15.9 Å². The van der Waals surface area contributed by atoms with E-state index in [2.05, 4.69) is 25.8 Å². The monoisotopic (exact) mass is 375 g/mol. The van der Waals surface area contributed by atoms with Crippen LogP contribution in [-0.2, 0) is 13.1 Å². The van der Waals surface area contributed by atoms with Crippen LogP contribution in [0.1, 0.15) is 28.0 Å². The fourth-order valence-corrected chi connectivity index (χ4v) is 3.50. The molecule has 0 saturated carbocycles. The molecule has 0 N–H and O–H groups in total. The third kappa shape index (κ3) is 2.51. The van der Waals surface area contributed by atoms with Crippen LogP contribution in [0.2, 0.25) is 0 Å². The Morgan fingerprint density at radius 2 is 2.13 bits per heavy atom. The van der Waals surface area contributed by atoms with Gasteiger partial charge in [-0.3, -0.25) is 9.78 Å². The first-order chi connectivity index (χ1) is 11.1. The van der Waals surface area contributed by atoms with Gasteiger partial charge in [-0.05, 0) is 30.7 Å². The third-order valence-corrected chi connectivity index (χ3v) is 4.89. The summed E-state index contributed by atoms with van der Waals surface area (Å²) >= 11 is 3.36. The largest absolute Gasteiger partial charge is 0.371 e. The summed E-state index contributed by atoms with van der Waals surface area (Å²) in [6.07, 6.45) is 2.80. The Bertz CT molecular complexity index is 791. The van der Waals surface area contributed by atoms with Crippen LogP contribution in [-0.4, -0.2) is 28.9 Å². The van der Waals surface area contributed by atoms with Crippen LogP contribution in [0.5, 0.6) is 0 Å². The molecule has 2 aliphatic rings. The standard InChI is InChI=1S/C17H15BrFN3O/c18-11-7-14(19)13(16(8-11)21-5-2-6-21)9-22-10-15-12(17(22)23)3-1-4-20-15/h1,3-4,7-8H,2,5-6,9-10H2. The zero-order valence-corrected chi connectivity index (χ0v) is 14.0. The number of amides is 1. The molecule has 3 heterocycles. The molecule has 0 bridgehead atoms. The zero-order valence-electron chi connectivity index (χ0n) is 12.4. The van der Waals surface area contributed by atoms with Gasteiger partial charge in [0.05, 0.1) is 24.3 Å². The molecule has 6 heteroatoms. The number of hydrogen-bond donors (Lipinski definition) is 0. The number of carbonyl (C=O) groups is 1. The Labute approximate surface area is 142 Å². The predicted molar refractivity (Wildman–Crippen MR) is 88.7 cm³/mol. The first kappa shape index (κ1) is 14.6. The maximum Gasteiger partial charge on any atom is 0.256 e. The number of benzene rings is 1. The quantitative estimate of drug-likeness (QED) is 0.825. The van der Waals surface area contributed by atoms with Crippen molar-refractivity contribution in [3.05, 3.63) is 57.6 Å². The predicted octanol–water partition coefficient (Wildman–Crippen LogP) is 3.35. The molecule has 4 rings (SSSR count). The van der Waals surface area contributed by atoms with Crippen molar-refractivity contribution in [3.63, 3.8) is 0 Å². The molecule has 0 unspecified atom stereocenters. The lowest BCUT2D eigenvalue weighted by molar-refractivity contribution is 0.0765. The van der Waals surface area contributed by atoms with Crippen molar-refractivity contribution in [3.8, 4) is 0 Å². The van der Waals surface area contributed by atoms with Crippen molar-refractivity contribution in [1.29, 1.82) is 0 Å². The zero-order chi connectivity index (χ0) is 16.0. The van der Waals surface area contributed by atoms with E-state index in [4.69, 9.17) is 0 Å². The molecular formula is C17H15BrFN3O. The summed E-state index contributed by atoms with van der Waals surface area (Å²) in [5.74, 6) is -0.358. The van der Waals surface area contributed by atoms with Gasteiger partial charge < -0.3 is 9.80 Å². The van der Waals surface area contributed by atoms with E-state index in [0.29, 0.717) is 17.7 Å². The lowest BCUT2D eigenvalue weighted by Gasteiger charge is -2.35. The summed E-state index contributed by atoms with van der Waals surface area (Å²) < 4.78 is 15.3. The minimum absolute atomic E-state index is 0.0787. The number of anilines is 1. The van der Waals surface area contributed by atoms with Gasteiger partial charge in [0, 0.05) is 35.0 Å². The fourth-order valence-electron chi connectivity index (χ4n) is 3.09. The highest BCUT2D eigenvalue weighted by atomic mass is 79.9. The number of carbonyl (C=O) groups excluding carboxylic acids is 1. The van der Waals surface area contributed by atoms with Gasteiger partial charge in [-0.1, -0.05) is 15.9 Å². The van der Waals surface area contributed by atoms with Gasteiger partial charge in [-0.25, -0.2) is 4.39 Å². The second-order valence-corrected chi connectivity index (χ2v) is 6.80. The molecule has 1 amide bonds.